The second kappa shape index (κ2) is 8.90. The van der Waals surface area contributed by atoms with E-state index in [2.05, 4.69) is 30.7 Å². The van der Waals surface area contributed by atoms with Crippen molar-refractivity contribution in [1.29, 1.82) is 0 Å². The molecule has 0 heterocycles. The van der Waals surface area contributed by atoms with Crippen LogP contribution in [0.2, 0.25) is 0 Å². The van der Waals surface area contributed by atoms with Gasteiger partial charge in [0, 0.05) is 12.3 Å². The first-order valence-electron chi connectivity index (χ1n) is 7.00. The van der Waals surface area contributed by atoms with Crippen molar-refractivity contribution >= 4 is 5.78 Å². The Morgan fingerprint density at radius 3 is 2.68 bits per heavy atom. The number of fused-ring (bicyclic) bond motifs is 1. The van der Waals surface area contributed by atoms with Crippen LogP contribution in [-0.4, -0.2) is 17.6 Å². The van der Waals surface area contributed by atoms with E-state index < -0.39 is 0 Å². The molecule has 2 atom stereocenters. The molecule has 108 valence electrons. The van der Waals surface area contributed by atoms with Gasteiger partial charge < -0.3 is 0 Å². The lowest BCUT2D eigenvalue weighted by Crippen LogP contribution is -2.35. The van der Waals surface area contributed by atoms with Crippen LogP contribution in [0.3, 0.4) is 0 Å². The molecule has 0 bridgehead atoms. The molecule has 3 heteroatoms. The summed E-state index contributed by atoms with van der Waals surface area (Å²) in [5.74, 6) is 0.611. The smallest absolute Gasteiger partial charge is 0.137 e. The normalized spacial score (nSPS) is 28.2. The first kappa shape index (κ1) is 17.9. The van der Waals surface area contributed by atoms with Crippen LogP contribution in [0, 0.1) is 24.2 Å². The Balaban J connectivity index is 0.000000741. The van der Waals surface area contributed by atoms with E-state index in [0.717, 1.165) is 32.1 Å². The van der Waals surface area contributed by atoms with E-state index in [0.29, 0.717) is 12.4 Å². The van der Waals surface area contributed by atoms with E-state index in [1.54, 1.807) is 0 Å². The van der Waals surface area contributed by atoms with Gasteiger partial charge in [-0.05, 0) is 31.1 Å². The van der Waals surface area contributed by atoms with Gasteiger partial charge in [0.15, 0.2) is 0 Å². The predicted octanol–water partition coefficient (Wildman–Crippen LogP) is 3.85. The number of carbonyl (C=O) groups is 1. The molecule has 1 fully saturated rings. The monoisotopic (exact) mass is 266 g/mol. The summed E-state index contributed by atoms with van der Waals surface area (Å²) in [6.07, 6.45) is 14.7. The molecule has 2 aliphatic carbocycles. The summed E-state index contributed by atoms with van der Waals surface area (Å²) in [6.45, 7) is 6.52. The highest BCUT2D eigenvalue weighted by Gasteiger charge is 2.46. The fraction of sp³-hybridized carbons (Fsp3) is 0.688. The second-order valence-electron chi connectivity index (χ2n) is 4.84. The van der Waals surface area contributed by atoms with Crippen molar-refractivity contribution in [2.24, 2.45) is 11.3 Å². The SMILES string of the molecule is C#C.CC.C[C@]12CCCC(=O)C1CC=C2CCOO. The van der Waals surface area contributed by atoms with Crippen LogP contribution in [0.1, 0.15) is 52.9 Å². The molecule has 2 aliphatic rings. The predicted molar refractivity (Wildman–Crippen MR) is 77.6 cm³/mol. The van der Waals surface area contributed by atoms with Crippen LogP contribution in [0.5, 0.6) is 0 Å². The highest BCUT2D eigenvalue weighted by molar-refractivity contribution is 5.84. The van der Waals surface area contributed by atoms with E-state index in [9.17, 15) is 4.79 Å². The summed E-state index contributed by atoms with van der Waals surface area (Å²) in [7, 11) is 0. The van der Waals surface area contributed by atoms with Gasteiger partial charge in [0.05, 0.1) is 6.61 Å². The molecule has 19 heavy (non-hydrogen) atoms. The Hall–Kier alpha value is -1.11. The van der Waals surface area contributed by atoms with Gasteiger partial charge in [0.2, 0.25) is 0 Å². The molecular formula is C16H26O3. The maximum Gasteiger partial charge on any atom is 0.137 e. The average molecular weight is 266 g/mol. The standard InChI is InChI=1S/C12H18O3.C2H6.C2H2/c1-12-7-2-3-11(13)10(12)5-4-9(12)6-8-15-14;2*1-2/h4,10,14H,2-3,5-8H2,1H3;1-2H3;1-2H/t10?,12-;;/m1../s1. The van der Waals surface area contributed by atoms with Gasteiger partial charge in [-0.25, -0.2) is 4.89 Å². The van der Waals surface area contributed by atoms with Gasteiger partial charge in [-0.15, -0.1) is 12.8 Å². The Labute approximate surface area is 117 Å². The molecule has 1 saturated carbocycles. The van der Waals surface area contributed by atoms with E-state index >= 15 is 0 Å². The highest BCUT2D eigenvalue weighted by Crippen LogP contribution is 2.51. The number of allylic oxidation sites excluding steroid dienone is 1. The number of ketones is 1. The molecule has 0 aromatic rings. The third kappa shape index (κ3) is 3.92. The van der Waals surface area contributed by atoms with Crippen molar-refractivity contribution in [2.45, 2.75) is 52.9 Å². The summed E-state index contributed by atoms with van der Waals surface area (Å²) in [4.78, 5) is 15.9. The fourth-order valence-electron chi connectivity index (χ4n) is 3.15. The van der Waals surface area contributed by atoms with E-state index in [4.69, 9.17) is 5.26 Å². The zero-order valence-electron chi connectivity index (χ0n) is 12.3. The van der Waals surface area contributed by atoms with E-state index in [1.165, 1.54) is 5.57 Å². The molecule has 1 N–H and O–H groups in total. The summed E-state index contributed by atoms with van der Waals surface area (Å²) < 4.78 is 0. The van der Waals surface area contributed by atoms with Crippen LogP contribution in [0.15, 0.2) is 11.6 Å². The summed E-state index contributed by atoms with van der Waals surface area (Å²) >= 11 is 0. The molecular weight excluding hydrogens is 240 g/mol. The lowest BCUT2D eigenvalue weighted by Gasteiger charge is -2.38. The number of carbonyl (C=O) groups excluding carboxylic acids is 1. The molecule has 1 unspecified atom stereocenters. The quantitative estimate of drug-likeness (QED) is 0.365. The van der Waals surface area contributed by atoms with Crippen molar-refractivity contribution in [3.05, 3.63) is 11.6 Å². The minimum atomic E-state index is 0.0495. The first-order chi connectivity index (χ1) is 9.18. The average Bonchev–Trinajstić information content (AvgIpc) is 2.79. The largest absolute Gasteiger partial charge is 0.299 e. The molecule has 0 aliphatic heterocycles. The molecule has 0 saturated heterocycles. The third-order valence-corrected chi connectivity index (χ3v) is 4.07. The van der Waals surface area contributed by atoms with Crippen LogP contribution >= 0.6 is 0 Å². The second-order valence-corrected chi connectivity index (χ2v) is 4.84. The van der Waals surface area contributed by atoms with Crippen LogP contribution in [0.25, 0.3) is 0 Å². The van der Waals surface area contributed by atoms with E-state index in [1.807, 2.05) is 13.8 Å². The van der Waals surface area contributed by atoms with Gasteiger partial charge in [-0.3, -0.25) is 10.1 Å². The maximum atomic E-state index is 11.8. The Morgan fingerprint density at radius 2 is 2.11 bits per heavy atom. The summed E-state index contributed by atoms with van der Waals surface area (Å²) in [6, 6.07) is 0. The molecule has 2 rings (SSSR count). The Morgan fingerprint density at radius 1 is 1.47 bits per heavy atom. The number of terminal acetylenes is 1. The van der Waals surface area contributed by atoms with Gasteiger partial charge in [0.1, 0.15) is 5.78 Å². The number of rotatable bonds is 3. The number of hydrogen-bond acceptors (Lipinski definition) is 3. The molecule has 0 amide bonds. The number of hydrogen-bond donors (Lipinski definition) is 1. The van der Waals surface area contributed by atoms with Crippen LogP contribution < -0.4 is 0 Å². The molecule has 3 nitrogen and oxygen atoms in total. The molecule has 0 radical (unpaired) electrons. The lowest BCUT2D eigenvalue weighted by molar-refractivity contribution is -0.241. The minimum Gasteiger partial charge on any atom is -0.299 e. The van der Waals surface area contributed by atoms with Crippen LogP contribution in [-0.2, 0) is 9.68 Å². The summed E-state index contributed by atoms with van der Waals surface area (Å²) in [5, 5.41) is 8.36. The maximum absolute atomic E-state index is 11.8. The Kier molecular flexibility index (Phi) is 8.38. The van der Waals surface area contributed by atoms with Gasteiger partial charge >= 0.3 is 0 Å². The fourth-order valence-corrected chi connectivity index (χ4v) is 3.15. The van der Waals surface area contributed by atoms with Crippen molar-refractivity contribution in [3.63, 3.8) is 0 Å². The van der Waals surface area contributed by atoms with Crippen molar-refractivity contribution in [2.75, 3.05) is 6.61 Å². The van der Waals surface area contributed by atoms with Gasteiger partial charge in [-0.1, -0.05) is 32.4 Å². The topological polar surface area (TPSA) is 46.5 Å². The van der Waals surface area contributed by atoms with Crippen molar-refractivity contribution in [3.8, 4) is 12.8 Å². The molecule has 0 aromatic carbocycles. The zero-order valence-corrected chi connectivity index (χ0v) is 12.3. The summed E-state index contributed by atoms with van der Waals surface area (Å²) in [5.41, 5.74) is 1.35. The van der Waals surface area contributed by atoms with Crippen LogP contribution in [0.4, 0.5) is 0 Å². The van der Waals surface area contributed by atoms with E-state index in [-0.39, 0.29) is 11.3 Å². The first-order valence-corrected chi connectivity index (χ1v) is 7.00. The highest BCUT2D eigenvalue weighted by atomic mass is 17.1. The Bertz CT molecular complexity index is 330. The molecule has 0 aromatic heterocycles. The molecule has 0 spiro atoms. The van der Waals surface area contributed by atoms with Gasteiger partial charge in [-0.2, -0.15) is 0 Å². The van der Waals surface area contributed by atoms with Crippen molar-refractivity contribution in [1.82, 2.24) is 0 Å². The number of Topliss-reactive ketones (excluding diaryl/α,β-unsaturated/α-hetero) is 1. The van der Waals surface area contributed by atoms with Crippen molar-refractivity contribution < 1.29 is 14.9 Å². The lowest BCUT2D eigenvalue weighted by atomic mass is 9.65. The van der Waals surface area contributed by atoms with Gasteiger partial charge in [0.25, 0.3) is 0 Å². The third-order valence-electron chi connectivity index (χ3n) is 4.07. The zero-order chi connectivity index (χ0) is 14.9. The minimum absolute atomic E-state index is 0.0495.